The highest BCUT2D eigenvalue weighted by molar-refractivity contribution is 6.30. The number of halogens is 1. The van der Waals surface area contributed by atoms with Gasteiger partial charge >= 0.3 is 0 Å². The minimum absolute atomic E-state index is 0.818. The fraction of sp³-hybridized carbons (Fsp3) is 0.400. The Morgan fingerprint density at radius 1 is 1.00 bits per heavy atom. The summed E-state index contributed by atoms with van der Waals surface area (Å²) < 4.78 is 0. The lowest BCUT2D eigenvalue weighted by molar-refractivity contribution is 0.949. The molecule has 0 N–H and O–H groups in total. The third kappa shape index (κ3) is 1.56. The van der Waals surface area contributed by atoms with Gasteiger partial charge in [-0.2, -0.15) is 0 Å². The summed E-state index contributed by atoms with van der Waals surface area (Å²) in [4.78, 5) is 2.40. The van der Waals surface area contributed by atoms with E-state index >= 15 is 0 Å². The summed E-state index contributed by atoms with van der Waals surface area (Å²) in [5, 5.41) is 0.818. The van der Waals surface area contributed by atoms with Gasteiger partial charge in [0.05, 0.1) is 0 Å². The zero-order valence-electron chi connectivity index (χ0n) is 6.96. The molecular weight excluding hydrogens is 170 g/mol. The van der Waals surface area contributed by atoms with Crippen molar-refractivity contribution in [2.24, 2.45) is 0 Å². The van der Waals surface area contributed by atoms with E-state index in [1.807, 2.05) is 12.1 Å². The Morgan fingerprint density at radius 2 is 1.58 bits per heavy atom. The first-order valence-electron chi connectivity index (χ1n) is 4.37. The summed E-state index contributed by atoms with van der Waals surface area (Å²) in [5.41, 5.74) is 1.30. The van der Waals surface area contributed by atoms with Gasteiger partial charge in [-0.05, 0) is 37.1 Å². The molecule has 2 rings (SSSR count). The van der Waals surface area contributed by atoms with Crippen LogP contribution >= 0.6 is 11.6 Å². The van der Waals surface area contributed by atoms with Crippen molar-refractivity contribution in [2.75, 3.05) is 18.0 Å². The molecule has 2 heteroatoms. The minimum atomic E-state index is 0.818. The van der Waals surface area contributed by atoms with Crippen molar-refractivity contribution in [2.45, 2.75) is 12.8 Å². The van der Waals surface area contributed by atoms with Crippen molar-refractivity contribution in [3.63, 3.8) is 0 Å². The fourth-order valence-corrected chi connectivity index (χ4v) is 1.75. The molecule has 0 amide bonds. The Labute approximate surface area is 77.9 Å². The van der Waals surface area contributed by atoms with Gasteiger partial charge in [-0.15, -0.1) is 0 Å². The van der Waals surface area contributed by atoms with Crippen molar-refractivity contribution in [1.82, 2.24) is 0 Å². The monoisotopic (exact) mass is 181 g/mol. The standard InChI is InChI=1S/C10H12ClN/c11-9-3-5-10(6-4-9)12-7-1-2-8-12/h3-6H,1-2,7-8H2. The maximum absolute atomic E-state index is 5.80. The molecule has 1 heterocycles. The van der Waals surface area contributed by atoms with Gasteiger partial charge in [0, 0.05) is 23.8 Å². The maximum Gasteiger partial charge on any atom is 0.0407 e. The summed E-state index contributed by atoms with van der Waals surface area (Å²) in [6.07, 6.45) is 2.64. The number of nitrogens with zero attached hydrogens (tertiary/aromatic N) is 1. The van der Waals surface area contributed by atoms with Crippen molar-refractivity contribution >= 4 is 17.3 Å². The van der Waals surface area contributed by atoms with Gasteiger partial charge in [0.25, 0.3) is 0 Å². The SMILES string of the molecule is Clc1ccc(N2CCCC2)cc1. The Hall–Kier alpha value is -0.690. The van der Waals surface area contributed by atoms with Crippen LogP contribution in [0.15, 0.2) is 24.3 Å². The predicted octanol–water partition coefficient (Wildman–Crippen LogP) is 2.94. The van der Waals surface area contributed by atoms with Crippen LogP contribution in [0.4, 0.5) is 5.69 Å². The van der Waals surface area contributed by atoms with E-state index in [2.05, 4.69) is 17.0 Å². The molecule has 0 bridgehead atoms. The number of rotatable bonds is 1. The minimum Gasteiger partial charge on any atom is -0.372 e. The molecule has 0 saturated carbocycles. The van der Waals surface area contributed by atoms with E-state index in [1.54, 1.807) is 0 Å². The van der Waals surface area contributed by atoms with Crippen molar-refractivity contribution in [1.29, 1.82) is 0 Å². The first kappa shape index (κ1) is 7.93. The van der Waals surface area contributed by atoms with Crippen LogP contribution in [0.2, 0.25) is 5.02 Å². The molecule has 1 aromatic rings. The van der Waals surface area contributed by atoms with Gasteiger partial charge in [-0.1, -0.05) is 11.6 Å². The van der Waals surface area contributed by atoms with Gasteiger partial charge in [0.15, 0.2) is 0 Å². The Balaban J connectivity index is 2.17. The van der Waals surface area contributed by atoms with Crippen LogP contribution in [0, 0.1) is 0 Å². The van der Waals surface area contributed by atoms with E-state index in [1.165, 1.54) is 31.6 Å². The Kier molecular flexibility index (Phi) is 2.22. The second-order valence-corrected chi connectivity index (χ2v) is 3.61. The zero-order valence-corrected chi connectivity index (χ0v) is 7.72. The molecule has 64 valence electrons. The van der Waals surface area contributed by atoms with Crippen molar-refractivity contribution < 1.29 is 0 Å². The summed E-state index contributed by atoms with van der Waals surface area (Å²) in [6, 6.07) is 8.09. The van der Waals surface area contributed by atoms with E-state index < -0.39 is 0 Å². The maximum atomic E-state index is 5.80. The molecule has 0 aliphatic carbocycles. The second-order valence-electron chi connectivity index (χ2n) is 3.17. The molecule has 12 heavy (non-hydrogen) atoms. The highest BCUT2D eigenvalue weighted by Crippen LogP contribution is 2.21. The topological polar surface area (TPSA) is 3.24 Å². The fourth-order valence-electron chi connectivity index (χ4n) is 1.63. The molecule has 0 unspecified atom stereocenters. The van der Waals surface area contributed by atoms with Crippen LogP contribution in [0.3, 0.4) is 0 Å². The predicted molar refractivity (Wildman–Crippen MR) is 52.9 cm³/mol. The highest BCUT2D eigenvalue weighted by Gasteiger charge is 2.11. The van der Waals surface area contributed by atoms with Gasteiger partial charge < -0.3 is 4.90 Å². The average molecular weight is 182 g/mol. The molecule has 1 saturated heterocycles. The number of hydrogen-bond acceptors (Lipinski definition) is 1. The van der Waals surface area contributed by atoms with Gasteiger partial charge in [0.1, 0.15) is 0 Å². The molecule has 1 aromatic carbocycles. The highest BCUT2D eigenvalue weighted by atomic mass is 35.5. The third-order valence-corrected chi connectivity index (χ3v) is 2.55. The quantitative estimate of drug-likeness (QED) is 0.644. The van der Waals surface area contributed by atoms with Gasteiger partial charge in [0.2, 0.25) is 0 Å². The normalized spacial score (nSPS) is 16.9. The second kappa shape index (κ2) is 3.36. The Morgan fingerprint density at radius 3 is 2.17 bits per heavy atom. The molecule has 0 radical (unpaired) electrons. The van der Waals surface area contributed by atoms with Crippen molar-refractivity contribution in [3.05, 3.63) is 29.3 Å². The molecule has 1 aliphatic heterocycles. The summed E-state index contributed by atoms with van der Waals surface area (Å²) in [5.74, 6) is 0. The summed E-state index contributed by atoms with van der Waals surface area (Å²) >= 11 is 5.80. The smallest absolute Gasteiger partial charge is 0.0407 e. The van der Waals surface area contributed by atoms with Crippen LogP contribution in [0.25, 0.3) is 0 Å². The zero-order chi connectivity index (χ0) is 8.39. The molecule has 1 nitrogen and oxygen atoms in total. The number of anilines is 1. The van der Waals surface area contributed by atoms with Gasteiger partial charge in [-0.3, -0.25) is 0 Å². The summed E-state index contributed by atoms with van der Waals surface area (Å²) in [7, 11) is 0. The molecule has 1 aliphatic rings. The van der Waals surface area contributed by atoms with E-state index in [-0.39, 0.29) is 0 Å². The van der Waals surface area contributed by atoms with Crippen LogP contribution < -0.4 is 4.90 Å². The first-order chi connectivity index (χ1) is 5.86. The lowest BCUT2D eigenvalue weighted by Gasteiger charge is -2.16. The molecule has 1 fully saturated rings. The van der Waals surface area contributed by atoms with E-state index in [9.17, 15) is 0 Å². The Bertz CT molecular complexity index is 249. The van der Waals surface area contributed by atoms with Crippen LogP contribution in [0.1, 0.15) is 12.8 Å². The van der Waals surface area contributed by atoms with Crippen LogP contribution in [0.5, 0.6) is 0 Å². The van der Waals surface area contributed by atoms with Crippen molar-refractivity contribution in [3.8, 4) is 0 Å². The molecule has 0 atom stereocenters. The van der Waals surface area contributed by atoms with E-state index in [0.717, 1.165) is 5.02 Å². The van der Waals surface area contributed by atoms with E-state index in [4.69, 9.17) is 11.6 Å². The molecule has 0 aromatic heterocycles. The number of hydrogen-bond donors (Lipinski definition) is 0. The molecular formula is C10H12ClN. The molecule has 0 spiro atoms. The lowest BCUT2D eigenvalue weighted by atomic mass is 10.3. The van der Waals surface area contributed by atoms with Gasteiger partial charge in [-0.25, -0.2) is 0 Å². The van der Waals surface area contributed by atoms with Crippen LogP contribution in [-0.4, -0.2) is 13.1 Å². The largest absolute Gasteiger partial charge is 0.372 e. The first-order valence-corrected chi connectivity index (χ1v) is 4.74. The number of benzene rings is 1. The third-order valence-electron chi connectivity index (χ3n) is 2.30. The van der Waals surface area contributed by atoms with Crippen LogP contribution in [-0.2, 0) is 0 Å². The average Bonchev–Trinajstić information content (AvgIpc) is 2.58. The lowest BCUT2D eigenvalue weighted by Crippen LogP contribution is -2.17. The summed E-state index contributed by atoms with van der Waals surface area (Å²) in [6.45, 7) is 2.39. The van der Waals surface area contributed by atoms with E-state index in [0.29, 0.717) is 0 Å².